The minimum absolute atomic E-state index is 1.26. The van der Waals surface area contributed by atoms with Crippen LogP contribution in [0.1, 0.15) is 19.8 Å². The fourth-order valence-electron chi connectivity index (χ4n) is 0.485. The van der Waals surface area contributed by atoms with Crippen molar-refractivity contribution in [1.29, 1.82) is 0 Å². The minimum Gasteiger partial charge on any atom is -0.403 e. The van der Waals surface area contributed by atoms with Gasteiger partial charge in [0.05, 0.1) is 0 Å². The average Bonchev–Trinajstić information content (AvgIpc) is 1.84. The molecule has 0 bridgehead atoms. The van der Waals surface area contributed by atoms with E-state index in [-0.39, 0.29) is 0 Å². The number of hydrogen-bond donors (Lipinski definition) is 0. The highest BCUT2D eigenvalue weighted by Crippen LogP contribution is 2.28. The Morgan fingerprint density at radius 2 is 2.00 bits per heavy atom. The number of unbranched alkanes of at least 4 members (excludes halogenated alkanes) is 1. The van der Waals surface area contributed by atoms with E-state index in [9.17, 15) is 0 Å². The first-order chi connectivity index (χ1) is 4.12. The zero-order valence-electron chi connectivity index (χ0n) is 5.79. The first-order valence-electron chi connectivity index (χ1n) is 3.05. The van der Waals surface area contributed by atoms with Crippen LogP contribution in [0.3, 0.4) is 0 Å². The van der Waals surface area contributed by atoms with Gasteiger partial charge in [-0.15, -0.1) is 0 Å². The molecule has 0 unspecified atom stereocenters. The van der Waals surface area contributed by atoms with Gasteiger partial charge in [-0.3, -0.25) is 0 Å². The molecule has 0 aromatic heterocycles. The minimum atomic E-state index is -1.26. The zero-order valence-corrected chi connectivity index (χ0v) is 11.1. The second kappa shape index (κ2) is 5.31. The lowest BCUT2D eigenvalue weighted by Gasteiger charge is -2.13. The van der Waals surface area contributed by atoms with E-state index in [0.717, 1.165) is 0 Å². The summed E-state index contributed by atoms with van der Waals surface area (Å²) in [5.41, 5.74) is 0. The van der Waals surface area contributed by atoms with Gasteiger partial charge in [-0.05, 0) is 6.04 Å². The van der Waals surface area contributed by atoms with Gasteiger partial charge >= 0.3 is 3.31 Å². The molecule has 0 atom stereocenters. The molecule has 0 aromatic carbocycles. The Morgan fingerprint density at radius 1 is 1.44 bits per heavy atom. The summed E-state index contributed by atoms with van der Waals surface area (Å²) in [6, 6.07) is 1.28. The predicted molar refractivity (Wildman–Crippen MR) is 60.5 cm³/mol. The molecule has 0 amide bonds. The molecule has 0 aliphatic carbocycles. The molecule has 0 radical (unpaired) electrons. The van der Waals surface area contributed by atoms with Crippen molar-refractivity contribution in [2.75, 3.05) is 7.11 Å². The molecule has 1 nitrogen and oxygen atoms in total. The van der Waals surface area contributed by atoms with E-state index in [1.54, 1.807) is 0 Å². The standard InChI is InChI=1S/C5H12I2OSi/c1-3-4-5-9(6,7)8-2/h3-5H2,1-2H3. The third-order valence-electron chi connectivity index (χ3n) is 1.12. The number of halogens is 2. The fourth-order valence-corrected chi connectivity index (χ4v) is 3.74. The van der Waals surface area contributed by atoms with Crippen LogP contribution < -0.4 is 0 Å². The molecular weight excluding hydrogens is 358 g/mol. The van der Waals surface area contributed by atoms with E-state index in [1.165, 1.54) is 18.9 Å². The lowest BCUT2D eigenvalue weighted by atomic mass is 10.4. The molecule has 0 N–H and O–H groups in total. The van der Waals surface area contributed by atoms with Crippen molar-refractivity contribution in [1.82, 2.24) is 0 Å². The molecule has 0 heterocycles. The third-order valence-corrected chi connectivity index (χ3v) is 8.53. The molecule has 0 saturated carbocycles. The van der Waals surface area contributed by atoms with E-state index in [4.69, 9.17) is 4.43 Å². The van der Waals surface area contributed by atoms with E-state index >= 15 is 0 Å². The van der Waals surface area contributed by atoms with Gasteiger partial charge in [0.1, 0.15) is 0 Å². The summed E-state index contributed by atoms with van der Waals surface area (Å²) in [6.45, 7) is 2.22. The molecule has 0 saturated heterocycles. The Kier molecular flexibility index (Phi) is 6.27. The van der Waals surface area contributed by atoms with E-state index in [1.807, 2.05) is 7.11 Å². The SMILES string of the molecule is CCCC[Si](I)(I)OC. The van der Waals surface area contributed by atoms with Gasteiger partial charge < -0.3 is 4.43 Å². The van der Waals surface area contributed by atoms with Crippen molar-refractivity contribution in [3.8, 4) is 0 Å². The molecule has 0 rings (SSSR count). The molecule has 0 spiro atoms. The summed E-state index contributed by atoms with van der Waals surface area (Å²) in [7, 11) is 1.82. The summed E-state index contributed by atoms with van der Waals surface area (Å²) in [5.74, 6) is 0. The molecule has 4 heteroatoms. The monoisotopic (exact) mass is 370 g/mol. The summed E-state index contributed by atoms with van der Waals surface area (Å²) < 4.78 is 4.09. The lowest BCUT2D eigenvalue weighted by molar-refractivity contribution is 0.434. The maximum atomic E-state index is 5.35. The van der Waals surface area contributed by atoms with Crippen molar-refractivity contribution in [2.24, 2.45) is 0 Å². The second-order valence-electron chi connectivity index (χ2n) is 1.95. The Hall–Kier alpha value is 1.64. The van der Waals surface area contributed by atoms with Crippen molar-refractivity contribution >= 4 is 46.9 Å². The number of hydrogen-bond acceptors (Lipinski definition) is 1. The number of rotatable bonds is 4. The van der Waals surface area contributed by atoms with Gasteiger partial charge in [0.15, 0.2) is 0 Å². The van der Waals surface area contributed by atoms with Crippen LogP contribution in [0.2, 0.25) is 6.04 Å². The highest BCUT2D eigenvalue weighted by atomic mass is 127. The lowest BCUT2D eigenvalue weighted by Crippen LogP contribution is -2.19. The van der Waals surface area contributed by atoms with Crippen LogP contribution in [0.25, 0.3) is 0 Å². The second-order valence-corrected chi connectivity index (χ2v) is 20.8. The Balaban J connectivity index is 3.33. The van der Waals surface area contributed by atoms with Gasteiger partial charge in [-0.2, -0.15) is 0 Å². The van der Waals surface area contributed by atoms with Crippen LogP contribution in [0.4, 0.5) is 0 Å². The van der Waals surface area contributed by atoms with Crippen LogP contribution in [0.15, 0.2) is 0 Å². The molecular formula is C5H12I2OSi. The summed E-state index contributed by atoms with van der Waals surface area (Å²) in [6.07, 6.45) is 2.59. The van der Waals surface area contributed by atoms with Gasteiger partial charge in [-0.25, -0.2) is 0 Å². The Labute approximate surface area is 83.5 Å². The van der Waals surface area contributed by atoms with Crippen LogP contribution in [-0.4, -0.2) is 10.4 Å². The van der Waals surface area contributed by atoms with E-state index in [0.29, 0.717) is 0 Å². The van der Waals surface area contributed by atoms with Crippen molar-refractivity contribution in [2.45, 2.75) is 25.8 Å². The Bertz CT molecular complexity index is 77.4. The van der Waals surface area contributed by atoms with Crippen LogP contribution in [0.5, 0.6) is 0 Å². The fraction of sp³-hybridized carbons (Fsp3) is 1.00. The maximum Gasteiger partial charge on any atom is 0.325 e. The summed E-state index contributed by atoms with van der Waals surface area (Å²) in [4.78, 5) is 0. The largest absolute Gasteiger partial charge is 0.403 e. The summed E-state index contributed by atoms with van der Waals surface area (Å²) in [5, 5.41) is 0. The van der Waals surface area contributed by atoms with Crippen LogP contribution in [0, 0.1) is 0 Å². The first-order valence-corrected chi connectivity index (χ1v) is 11.4. The highest BCUT2D eigenvalue weighted by molar-refractivity contribution is 14.3. The van der Waals surface area contributed by atoms with Crippen molar-refractivity contribution < 1.29 is 4.43 Å². The molecule has 0 aliphatic heterocycles. The molecule has 9 heavy (non-hydrogen) atoms. The van der Waals surface area contributed by atoms with Gasteiger partial charge in [0.2, 0.25) is 0 Å². The normalized spacial score (nSPS) is 12.0. The topological polar surface area (TPSA) is 9.23 Å². The zero-order chi connectivity index (χ0) is 7.33. The summed E-state index contributed by atoms with van der Waals surface area (Å²) >= 11 is 4.93. The Morgan fingerprint density at radius 3 is 2.33 bits per heavy atom. The van der Waals surface area contributed by atoms with Gasteiger partial charge in [0.25, 0.3) is 0 Å². The van der Waals surface area contributed by atoms with Gasteiger partial charge in [-0.1, -0.05) is 63.4 Å². The highest BCUT2D eigenvalue weighted by Gasteiger charge is 2.24. The smallest absolute Gasteiger partial charge is 0.325 e. The quantitative estimate of drug-likeness (QED) is 0.420. The third kappa shape index (κ3) is 6.05. The van der Waals surface area contributed by atoms with E-state index in [2.05, 4.69) is 50.5 Å². The van der Waals surface area contributed by atoms with Gasteiger partial charge in [0, 0.05) is 7.11 Å². The molecule has 56 valence electrons. The van der Waals surface area contributed by atoms with E-state index < -0.39 is 3.31 Å². The molecule has 0 aliphatic rings. The average molecular weight is 370 g/mol. The predicted octanol–water partition coefficient (Wildman–Crippen LogP) is 3.24. The first kappa shape index (κ1) is 10.6. The van der Waals surface area contributed by atoms with Crippen LogP contribution >= 0.6 is 43.6 Å². The van der Waals surface area contributed by atoms with Crippen molar-refractivity contribution in [3.63, 3.8) is 0 Å². The molecule has 0 fully saturated rings. The van der Waals surface area contributed by atoms with Crippen molar-refractivity contribution in [3.05, 3.63) is 0 Å². The van der Waals surface area contributed by atoms with Crippen LogP contribution in [-0.2, 0) is 4.43 Å². The maximum absolute atomic E-state index is 5.35. The molecule has 0 aromatic rings.